The Labute approximate surface area is 188 Å². The number of carbonyl (C=O) groups excluding carboxylic acids is 1. The molecule has 3 heteroatoms. The fourth-order valence-electron chi connectivity index (χ4n) is 4.82. The summed E-state index contributed by atoms with van der Waals surface area (Å²) in [5.74, 6) is -0.316. The minimum absolute atomic E-state index is 0.201. The van der Waals surface area contributed by atoms with Crippen molar-refractivity contribution in [3.63, 3.8) is 0 Å². The van der Waals surface area contributed by atoms with Crippen molar-refractivity contribution in [1.82, 2.24) is 4.57 Å². The first kappa shape index (κ1) is 20.1. The Kier molecular flexibility index (Phi) is 5.24. The molecule has 1 aliphatic rings. The number of esters is 1. The summed E-state index contributed by atoms with van der Waals surface area (Å²) in [6.45, 7) is 2.03. The molecular weight excluding hydrogens is 394 g/mol. The number of ether oxygens (including phenoxy) is 1. The van der Waals surface area contributed by atoms with Gasteiger partial charge < -0.3 is 9.30 Å². The monoisotopic (exact) mass is 419 g/mol. The predicted octanol–water partition coefficient (Wildman–Crippen LogP) is 7.19. The van der Waals surface area contributed by atoms with E-state index in [0.29, 0.717) is 5.56 Å². The van der Waals surface area contributed by atoms with Gasteiger partial charge in [0.1, 0.15) is 0 Å². The summed E-state index contributed by atoms with van der Waals surface area (Å²) in [7, 11) is 1.42. The van der Waals surface area contributed by atoms with Crippen LogP contribution in [0.4, 0.5) is 0 Å². The molecule has 1 aliphatic heterocycles. The Hall–Kier alpha value is -3.85. The molecule has 0 amide bonds. The molecule has 3 aromatic carbocycles. The van der Waals surface area contributed by atoms with Crippen molar-refractivity contribution in [2.75, 3.05) is 7.11 Å². The number of carbonyl (C=O) groups is 1. The number of methoxy groups -OCH3 is 1. The normalized spacial score (nSPS) is 14.9. The highest BCUT2D eigenvalue weighted by atomic mass is 16.5. The van der Waals surface area contributed by atoms with Crippen molar-refractivity contribution in [1.29, 1.82) is 0 Å². The van der Waals surface area contributed by atoms with Gasteiger partial charge in [0.25, 0.3) is 0 Å². The predicted molar refractivity (Wildman–Crippen MR) is 131 cm³/mol. The maximum atomic E-state index is 12.3. The second kappa shape index (κ2) is 8.35. The number of benzene rings is 3. The lowest BCUT2D eigenvalue weighted by atomic mass is 9.94. The SMILES string of the molecule is C/C=C\C=C/CC1c2ccccc2-c2c(-c3ccccc3)c3cc(C(=O)OC)ccc3n21. The van der Waals surface area contributed by atoms with Gasteiger partial charge >= 0.3 is 5.97 Å². The van der Waals surface area contributed by atoms with Gasteiger partial charge in [0.2, 0.25) is 0 Å². The average Bonchev–Trinajstić information content (AvgIpc) is 3.34. The van der Waals surface area contributed by atoms with Gasteiger partial charge in [-0.1, -0.05) is 78.9 Å². The number of fused-ring (bicyclic) bond motifs is 5. The van der Waals surface area contributed by atoms with E-state index in [4.69, 9.17) is 4.74 Å². The van der Waals surface area contributed by atoms with E-state index < -0.39 is 0 Å². The number of aromatic nitrogens is 1. The van der Waals surface area contributed by atoms with Gasteiger partial charge in [-0.25, -0.2) is 4.79 Å². The number of allylic oxidation sites excluding steroid dienone is 4. The van der Waals surface area contributed by atoms with Crippen molar-refractivity contribution in [3.8, 4) is 22.4 Å². The van der Waals surface area contributed by atoms with E-state index in [1.165, 1.54) is 29.5 Å². The largest absolute Gasteiger partial charge is 0.465 e. The van der Waals surface area contributed by atoms with Crippen molar-refractivity contribution >= 4 is 16.9 Å². The highest BCUT2D eigenvalue weighted by molar-refractivity contribution is 6.08. The van der Waals surface area contributed by atoms with Crippen LogP contribution in [0.15, 0.2) is 97.1 Å². The van der Waals surface area contributed by atoms with Crippen LogP contribution in [0.5, 0.6) is 0 Å². The van der Waals surface area contributed by atoms with Gasteiger partial charge in [-0.2, -0.15) is 0 Å². The Balaban J connectivity index is 1.82. The zero-order chi connectivity index (χ0) is 22.1. The third-order valence-corrected chi connectivity index (χ3v) is 6.17. The average molecular weight is 420 g/mol. The maximum Gasteiger partial charge on any atom is 0.337 e. The molecule has 158 valence electrons. The van der Waals surface area contributed by atoms with Crippen molar-refractivity contribution < 1.29 is 9.53 Å². The van der Waals surface area contributed by atoms with Gasteiger partial charge in [-0.15, -0.1) is 0 Å². The molecule has 0 saturated heterocycles. The number of hydrogen-bond acceptors (Lipinski definition) is 2. The zero-order valence-corrected chi connectivity index (χ0v) is 18.3. The lowest BCUT2D eigenvalue weighted by Gasteiger charge is -2.15. The molecule has 0 N–H and O–H groups in total. The van der Waals surface area contributed by atoms with E-state index >= 15 is 0 Å². The second-order valence-corrected chi connectivity index (χ2v) is 7.98. The Morgan fingerprint density at radius 1 is 1.00 bits per heavy atom. The molecule has 2 heterocycles. The first-order chi connectivity index (χ1) is 15.7. The summed E-state index contributed by atoms with van der Waals surface area (Å²) in [4.78, 5) is 12.3. The number of rotatable bonds is 5. The molecule has 4 aromatic rings. The molecule has 0 fully saturated rings. The van der Waals surface area contributed by atoms with Crippen LogP contribution in [0.2, 0.25) is 0 Å². The van der Waals surface area contributed by atoms with Gasteiger partial charge in [0, 0.05) is 22.0 Å². The highest BCUT2D eigenvalue weighted by Gasteiger charge is 2.33. The second-order valence-electron chi connectivity index (χ2n) is 7.98. The first-order valence-electron chi connectivity index (χ1n) is 10.9. The van der Waals surface area contributed by atoms with Gasteiger partial charge in [-0.05, 0) is 42.7 Å². The van der Waals surface area contributed by atoms with E-state index in [1.807, 2.05) is 31.2 Å². The minimum Gasteiger partial charge on any atom is -0.465 e. The van der Waals surface area contributed by atoms with Crippen molar-refractivity contribution in [2.24, 2.45) is 0 Å². The van der Waals surface area contributed by atoms with E-state index in [1.54, 1.807) is 0 Å². The van der Waals surface area contributed by atoms with Crippen LogP contribution in [0.3, 0.4) is 0 Å². The van der Waals surface area contributed by atoms with Crippen LogP contribution in [-0.2, 0) is 4.74 Å². The van der Waals surface area contributed by atoms with Gasteiger partial charge in [0.05, 0.1) is 24.4 Å². The maximum absolute atomic E-state index is 12.3. The molecule has 0 saturated carbocycles. The van der Waals surface area contributed by atoms with Crippen LogP contribution in [-0.4, -0.2) is 17.6 Å². The third kappa shape index (κ3) is 3.18. The van der Waals surface area contributed by atoms with E-state index in [9.17, 15) is 4.79 Å². The summed E-state index contributed by atoms with van der Waals surface area (Å²) in [6.07, 6.45) is 9.34. The van der Waals surface area contributed by atoms with Gasteiger partial charge in [0.15, 0.2) is 0 Å². The molecule has 5 rings (SSSR count). The molecule has 0 bridgehead atoms. The fraction of sp³-hybridized carbons (Fsp3) is 0.138. The molecular formula is C29H25NO2. The van der Waals surface area contributed by atoms with Crippen LogP contribution < -0.4 is 0 Å². The summed E-state index contributed by atoms with van der Waals surface area (Å²) in [5, 5.41) is 1.08. The zero-order valence-electron chi connectivity index (χ0n) is 18.3. The van der Waals surface area contributed by atoms with Crippen molar-refractivity contribution in [2.45, 2.75) is 19.4 Å². The molecule has 1 unspecified atom stereocenters. The lowest BCUT2D eigenvalue weighted by Crippen LogP contribution is -2.05. The Morgan fingerprint density at radius 3 is 2.56 bits per heavy atom. The standard InChI is InChI=1S/C29H25NO2/c1-3-4-5-9-16-25-22-14-10-11-15-23(22)28-27(20-12-7-6-8-13-20)24-19-21(29(31)32-2)17-18-26(24)30(25)28/h3-15,17-19,25H,16H2,1-2H3/b4-3-,9-5-. The smallest absolute Gasteiger partial charge is 0.337 e. The molecule has 0 spiro atoms. The van der Waals surface area contributed by atoms with Crippen LogP contribution in [0.1, 0.15) is 35.3 Å². The van der Waals surface area contributed by atoms with E-state index in [-0.39, 0.29) is 12.0 Å². The van der Waals surface area contributed by atoms with Crippen LogP contribution in [0.25, 0.3) is 33.3 Å². The third-order valence-electron chi connectivity index (χ3n) is 6.17. The molecule has 3 nitrogen and oxygen atoms in total. The summed E-state index contributed by atoms with van der Waals surface area (Å²) < 4.78 is 7.45. The summed E-state index contributed by atoms with van der Waals surface area (Å²) in [5.41, 5.74) is 7.82. The summed E-state index contributed by atoms with van der Waals surface area (Å²) >= 11 is 0. The Morgan fingerprint density at radius 2 is 1.78 bits per heavy atom. The van der Waals surface area contributed by atoms with Crippen LogP contribution >= 0.6 is 0 Å². The quantitative estimate of drug-likeness (QED) is 0.253. The van der Waals surface area contributed by atoms with E-state index in [0.717, 1.165) is 22.9 Å². The number of hydrogen-bond donors (Lipinski definition) is 0. The topological polar surface area (TPSA) is 31.2 Å². The van der Waals surface area contributed by atoms with Gasteiger partial charge in [-0.3, -0.25) is 0 Å². The highest BCUT2D eigenvalue weighted by Crippen LogP contribution is 2.51. The van der Waals surface area contributed by atoms with E-state index in [2.05, 4.69) is 77.4 Å². The lowest BCUT2D eigenvalue weighted by molar-refractivity contribution is 0.0601. The first-order valence-corrected chi connectivity index (χ1v) is 10.9. The number of nitrogens with zero attached hydrogens (tertiary/aromatic N) is 1. The molecule has 0 aliphatic carbocycles. The summed E-state index contributed by atoms with van der Waals surface area (Å²) in [6, 6.07) is 25.2. The van der Waals surface area contributed by atoms with Crippen molar-refractivity contribution in [3.05, 3.63) is 108 Å². The van der Waals surface area contributed by atoms with Crippen LogP contribution in [0, 0.1) is 0 Å². The fourth-order valence-corrected chi connectivity index (χ4v) is 4.82. The molecule has 1 aromatic heterocycles. The Bertz CT molecular complexity index is 1360. The molecule has 0 radical (unpaired) electrons. The molecule has 1 atom stereocenters. The molecule has 32 heavy (non-hydrogen) atoms. The minimum atomic E-state index is -0.316.